The number of rotatable bonds is 7. The minimum atomic E-state index is -0.353. The number of hydrogen-bond acceptors (Lipinski definition) is 6. The Kier molecular flexibility index (Phi) is 7.01. The van der Waals surface area contributed by atoms with Crippen molar-refractivity contribution in [3.05, 3.63) is 36.4 Å². The molecule has 9 heteroatoms. The van der Waals surface area contributed by atoms with E-state index in [0.29, 0.717) is 17.4 Å². The maximum Gasteiger partial charge on any atom is 0.230 e. The zero-order valence-corrected chi connectivity index (χ0v) is 17.9. The molecule has 1 aromatic heterocycles. The predicted molar refractivity (Wildman–Crippen MR) is 113 cm³/mol. The first-order valence-electron chi connectivity index (χ1n) is 10.6. The summed E-state index contributed by atoms with van der Waals surface area (Å²) in [5.74, 6) is -0.179. The Balaban J connectivity index is 1.35. The Hall–Kier alpha value is -1.97. The summed E-state index contributed by atoms with van der Waals surface area (Å²) in [5.41, 5.74) is 0.411. The fourth-order valence-corrected chi connectivity index (χ4v) is 5.18. The number of amides is 1. The highest BCUT2D eigenvalue weighted by molar-refractivity contribution is 7.99. The van der Waals surface area contributed by atoms with Gasteiger partial charge in [0.25, 0.3) is 0 Å². The molecule has 1 aliphatic heterocycles. The summed E-state index contributed by atoms with van der Waals surface area (Å²) in [7, 11) is 0. The molecule has 0 spiro atoms. The van der Waals surface area contributed by atoms with Crippen LogP contribution in [-0.2, 0) is 9.53 Å². The van der Waals surface area contributed by atoms with Crippen LogP contribution in [-0.4, -0.2) is 69.7 Å². The zero-order valence-electron chi connectivity index (χ0n) is 17.1. The smallest absolute Gasteiger partial charge is 0.230 e. The van der Waals surface area contributed by atoms with Gasteiger partial charge in [0.1, 0.15) is 12.1 Å². The van der Waals surface area contributed by atoms with Gasteiger partial charge in [0, 0.05) is 25.2 Å². The third-order valence-electron chi connectivity index (χ3n) is 6.04. The molecular weight excluding hydrogens is 405 g/mol. The minimum Gasteiger partial charge on any atom is -0.379 e. The number of benzene rings is 1. The van der Waals surface area contributed by atoms with Crippen molar-refractivity contribution in [2.75, 3.05) is 38.6 Å². The molecule has 4 rings (SSSR count). The van der Waals surface area contributed by atoms with Gasteiger partial charge in [-0.25, -0.2) is 4.39 Å². The molecule has 0 atom stereocenters. The van der Waals surface area contributed by atoms with Crippen molar-refractivity contribution in [1.82, 2.24) is 25.0 Å². The van der Waals surface area contributed by atoms with Gasteiger partial charge in [-0.05, 0) is 25.0 Å². The number of thioether (sulfide) groups is 1. The Morgan fingerprint density at radius 1 is 1.20 bits per heavy atom. The molecule has 2 fully saturated rings. The second-order valence-electron chi connectivity index (χ2n) is 7.88. The van der Waals surface area contributed by atoms with Gasteiger partial charge in [0.05, 0.1) is 24.7 Å². The average Bonchev–Trinajstić information content (AvgIpc) is 3.26. The zero-order chi connectivity index (χ0) is 20.8. The SMILES string of the molecule is O=C(CSc1nncn1-c1ccccc1F)NCC1(N2CCOCC2)CCCCC1. The van der Waals surface area contributed by atoms with E-state index in [9.17, 15) is 9.18 Å². The van der Waals surface area contributed by atoms with Crippen molar-refractivity contribution in [3.63, 3.8) is 0 Å². The number of ether oxygens (including phenoxy) is 1. The van der Waals surface area contributed by atoms with Crippen LogP contribution in [0.15, 0.2) is 35.7 Å². The number of morpholine rings is 1. The summed E-state index contributed by atoms with van der Waals surface area (Å²) in [4.78, 5) is 15.1. The fraction of sp³-hybridized carbons (Fsp3) is 0.571. The molecule has 1 aliphatic carbocycles. The van der Waals surface area contributed by atoms with Crippen LogP contribution < -0.4 is 5.32 Å². The Morgan fingerprint density at radius 3 is 2.73 bits per heavy atom. The number of carbonyl (C=O) groups excluding carboxylic acids is 1. The number of hydrogen-bond donors (Lipinski definition) is 1. The number of nitrogens with zero attached hydrogens (tertiary/aromatic N) is 4. The predicted octanol–water partition coefficient (Wildman–Crippen LogP) is 2.65. The molecule has 1 N–H and O–H groups in total. The van der Waals surface area contributed by atoms with Gasteiger partial charge in [0.15, 0.2) is 5.16 Å². The lowest BCUT2D eigenvalue weighted by atomic mass is 9.79. The van der Waals surface area contributed by atoms with Gasteiger partial charge in [-0.3, -0.25) is 14.3 Å². The summed E-state index contributed by atoms with van der Waals surface area (Å²) in [6, 6.07) is 6.46. The molecule has 162 valence electrons. The lowest BCUT2D eigenvalue weighted by Gasteiger charge is -2.48. The van der Waals surface area contributed by atoms with Crippen LogP contribution in [0.25, 0.3) is 5.69 Å². The van der Waals surface area contributed by atoms with E-state index in [1.54, 1.807) is 22.8 Å². The molecule has 2 heterocycles. The molecule has 2 aromatic rings. The quantitative estimate of drug-likeness (QED) is 0.677. The van der Waals surface area contributed by atoms with Crippen molar-refractivity contribution in [2.45, 2.75) is 42.8 Å². The summed E-state index contributed by atoms with van der Waals surface area (Å²) in [6.07, 6.45) is 7.36. The Morgan fingerprint density at radius 2 is 1.97 bits per heavy atom. The molecular formula is C21H28FN5O2S. The van der Waals surface area contributed by atoms with Crippen LogP contribution in [0.2, 0.25) is 0 Å². The number of nitrogens with one attached hydrogen (secondary N) is 1. The number of halogens is 1. The molecule has 1 amide bonds. The molecule has 30 heavy (non-hydrogen) atoms. The second-order valence-corrected chi connectivity index (χ2v) is 8.83. The van der Waals surface area contributed by atoms with Crippen molar-refractivity contribution >= 4 is 17.7 Å². The number of carbonyl (C=O) groups is 1. The van der Waals surface area contributed by atoms with Gasteiger partial charge in [0.2, 0.25) is 5.91 Å². The summed E-state index contributed by atoms with van der Waals surface area (Å²) in [6.45, 7) is 4.04. The molecule has 7 nitrogen and oxygen atoms in total. The summed E-state index contributed by atoms with van der Waals surface area (Å²) < 4.78 is 21.2. The van der Waals surface area contributed by atoms with Gasteiger partial charge < -0.3 is 10.1 Å². The molecule has 0 bridgehead atoms. The highest BCUT2D eigenvalue weighted by Crippen LogP contribution is 2.34. The van der Waals surface area contributed by atoms with E-state index in [-0.39, 0.29) is 23.0 Å². The van der Waals surface area contributed by atoms with E-state index < -0.39 is 0 Å². The molecule has 1 saturated carbocycles. The normalized spacial score (nSPS) is 19.5. The van der Waals surface area contributed by atoms with Crippen LogP contribution in [0, 0.1) is 5.82 Å². The van der Waals surface area contributed by atoms with Gasteiger partial charge in [-0.15, -0.1) is 10.2 Å². The first-order chi connectivity index (χ1) is 14.7. The number of aromatic nitrogens is 3. The van der Waals surface area contributed by atoms with E-state index >= 15 is 0 Å². The van der Waals surface area contributed by atoms with Crippen LogP contribution >= 0.6 is 11.8 Å². The monoisotopic (exact) mass is 433 g/mol. The fourth-order valence-electron chi connectivity index (χ4n) is 4.43. The van der Waals surface area contributed by atoms with E-state index in [1.165, 1.54) is 43.4 Å². The summed E-state index contributed by atoms with van der Waals surface area (Å²) >= 11 is 1.26. The van der Waals surface area contributed by atoms with E-state index in [0.717, 1.165) is 39.1 Å². The highest BCUT2D eigenvalue weighted by atomic mass is 32.2. The molecule has 2 aliphatic rings. The minimum absolute atomic E-state index is 0.0372. The van der Waals surface area contributed by atoms with Crippen LogP contribution in [0.4, 0.5) is 4.39 Å². The highest BCUT2D eigenvalue weighted by Gasteiger charge is 2.38. The standard InChI is InChI=1S/C21H28FN5O2S/c22-17-6-2-3-7-18(17)27-16-24-25-20(27)30-14-19(28)23-15-21(8-4-1-5-9-21)26-10-12-29-13-11-26/h2-3,6-7,16H,1,4-5,8-15H2,(H,23,28). The van der Waals surface area contributed by atoms with Crippen molar-refractivity contribution in [1.29, 1.82) is 0 Å². The van der Waals surface area contributed by atoms with E-state index in [2.05, 4.69) is 20.4 Å². The van der Waals surface area contributed by atoms with Crippen LogP contribution in [0.5, 0.6) is 0 Å². The molecule has 0 radical (unpaired) electrons. The van der Waals surface area contributed by atoms with E-state index in [1.807, 2.05) is 0 Å². The van der Waals surface area contributed by atoms with Crippen LogP contribution in [0.3, 0.4) is 0 Å². The van der Waals surface area contributed by atoms with Gasteiger partial charge >= 0.3 is 0 Å². The van der Waals surface area contributed by atoms with Gasteiger partial charge in [-0.2, -0.15) is 0 Å². The third-order valence-corrected chi connectivity index (χ3v) is 6.98. The maximum atomic E-state index is 14.1. The van der Waals surface area contributed by atoms with E-state index in [4.69, 9.17) is 4.74 Å². The van der Waals surface area contributed by atoms with Crippen LogP contribution in [0.1, 0.15) is 32.1 Å². The second kappa shape index (κ2) is 9.89. The largest absolute Gasteiger partial charge is 0.379 e. The average molecular weight is 434 g/mol. The third kappa shape index (κ3) is 4.84. The summed E-state index contributed by atoms with van der Waals surface area (Å²) in [5, 5.41) is 11.6. The Labute approximate surface area is 180 Å². The lowest BCUT2D eigenvalue weighted by Crippen LogP contribution is -2.59. The molecule has 1 saturated heterocycles. The first-order valence-corrected chi connectivity index (χ1v) is 11.5. The molecule has 1 aromatic carbocycles. The van der Waals surface area contributed by atoms with Crippen molar-refractivity contribution < 1.29 is 13.9 Å². The molecule has 0 unspecified atom stereocenters. The Bertz CT molecular complexity index is 849. The topological polar surface area (TPSA) is 72.3 Å². The van der Waals surface area contributed by atoms with Gasteiger partial charge in [-0.1, -0.05) is 43.2 Å². The maximum absolute atomic E-state index is 14.1. The lowest BCUT2D eigenvalue weighted by molar-refractivity contribution is -0.119. The van der Waals surface area contributed by atoms with Crippen molar-refractivity contribution in [2.24, 2.45) is 0 Å². The number of para-hydroxylation sites is 1. The first kappa shape index (κ1) is 21.3. The van der Waals surface area contributed by atoms with Crippen molar-refractivity contribution in [3.8, 4) is 5.69 Å².